The lowest BCUT2D eigenvalue weighted by molar-refractivity contribution is -0.120. The fourth-order valence-corrected chi connectivity index (χ4v) is 3.78. The molecule has 1 aliphatic rings. The van der Waals surface area contributed by atoms with Crippen molar-refractivity contribution in [3.05, 3.63) is 39.6 Å². The summed E-state index contributed by atoms with van der Waals surface area (Å²) in [7, 11) is 0. The summed E-state index contributed by atoms with van der Waals surface area (Å²) < 4.78 is 5.68. The zero-order valence-electron chi connectivity index (χ0n) is 16.2. The number of amides is 1. The van der Waals surface area contributed by atoms with Crippen LogP contribution in [0.25, 0.3) is 11.3 Å². The number of ether oxygens (including phenoxy) is 1. The number of hydrogen-bond donors (Lipinski definition) is 2. The van der Waals surface area contributed by atoms with Gasteiger partial charge in [0, 0.05) is 23.7 Å². The van der Waals surface area contributed by atoms with Crippen LogP contribution in [-0.4, -0.2) is 41.2 Å². The Morgan fingerprint density at radius 2 is 1.93 bits per heavy atom. The van der Waals surface area contributed by atoms with Crippen LogP contribution in [0.3, 0.4) is 0 Å². The van der Waals surface area contributed by atoms with Crippen molar-refractivity contribution in [1.82, 2.24) is 15.3 Å². The molecule has 2 heterocycles. The molecule has 1 aromatic heterocycles. The molecule has 1 amide bonds. The lowest BCUT2D eigenvalue weighted by atomic mass is 10.1. The maximum atomic E-state index is 12.3. The van der Waals surface area contributed by atoms with Crippen LogP contribution < -0.4 is 10.6 Å². The normalized spacial score (nSPS) is 19.0. The standard InChI is InChI=1S/C20H24Cl2N4O2/c1-4-14-17(12-8-7-11(21)9-13(12)22)24-15(5-2)19(25-14)26-18-16(28-6-3)10-23-20(18)27/h7-9,16,18H,4-6,10H2,1-3H3,(H,23,27)(H,25,26). The topological polar surface area (TPSA) is 76.1 Å². The maximum absolute atomic E-state index is 12.3. The molecule has 0 aliphatic carbocycles. The second-order valence-corrected chi connectivity index (χ2v) is 7.35. The molecule has 0 radical (unpaired) electrons. The number of aromatic nitrogens is 2. The monoisotopic (exact) mass is 422 g/mol. The summed E-state index contributed by atoms with van der Waals surface area (Å²) in [5.74, 6) is 0.519. The number of nitrogens with zero attached hydrogens (tertiary/aromatic N) is 2. The van der Waals surface area contributed by atoms with Gasteiger partial charge in [0.05, 0.1) is 22.1 Å². The molecule has 2 unspecified atom stereocenters. The summed E-state index contributed by atoms with van der Waals surface area (Å²) in [5.41, 5.74) is 3.11. The van der Waals surface area contributed by atoms with Crippen LogP contribution >= 0.6 is 23.2 Å². The minimum atomic E-state index is -0.491. The van der Waals surface area contributed by atoms with Gasteiger partial charge in [-0.2, -0.15) is 0 Å². The average molecular weight is 423 g/mol. The first-order valence-corrected chi connectivity index (χ1v) is 10.2. The molecular weight excluding hydrogens is 399 g/mol. The van der Waals surface area contributed by atoms with Crippen molar-refractivity contribution in [2.45, 2.75) is 45.8 Å². The Hall–Kier alpha value is -1.89. The number of aryl methyl sites for hydroxylation is 2. The van der Waals surface area contributed by atoms with E-state index in [-0.39, 0.29) is 12.0 Å². The smallest absolute Gasteiger partial charge is 0.245 e. The van der Waals surface area contributed by atoms with Gasteiger partial charge in [-0.05, 0) is 38.0 Å². The Balaban J connectivity index is 2.00. The van der Waals surface area contributed by atoms with E-state index in [1.54, 1.807) is 12.1 Å². The van der Waals surface area contributed by atoms with Gasteiger partial charge in [0.2, 0.25) is 5.91 Å². The van der Waals surface area contributed by atoms with Crippen molar-refractivity contribution in [1.29, 1.82) is 0 Å². The number of benzene rings is 1. The average Bonchev–Trinajstić information content (AvgIpc) is 3.02. The fourth-order valence-electron chi connectivity index (χ4n) is 3.28. The second kappa shape index (κ2) is 9.07. The van der Waals surface area contributed by atoms with Gasteiger partial charge in [0.1, 0.15) is 18.0 Å². The van der Waals surface area contributed by atoms with E-state index in [0.717, 1.165) is 22.6 Å². The molecule has 3 rings (SSSR count). The number of nitrogens with one attached hydrogen (secondary N) is 2. The highest BCUT2D eigenvalue weighted by Gasteiger charge is 2.36. The van der Waals surface area contributed by atoms with Crippen LogP contribution in [0.1, 0.15) is 32.2 Å². The molecule has 2 aromatic rings. The highest BCUT2D eigenvalue weighted by Crippen LogP contribution is 2.32. The van der Waals surface area contributed by atoms with Gasteiger partial charge in [-0.1, -0.05) is 37.0 Å². The number of rotatable bonds is 7. The molecule has 0 bridgehead atoms. The van der Waals surface area contributed by atoms with E-state index < -0.39 is 6.04 Å². The van der Waals surface area contributed by atoms with E-state index in [1.807, 2.05) is 26.8 Å². The third-order valence-electron chi connectivity index (χ3n) is 4.70. The Morgan fingerprint density at radius 3 is 2.57 bits per heavy atom. The quantitative estimate of drug-likeness (QED) is 0.707. The Labute approximate surface area is 175 Å². The SMILES string of the molecule is CCOC1CNC(=O)C1Nc1nc(CC)c(-c2ccc(Cl)cc2Cl)nc1CC. The van der Waals surface area contributed by atoms with Crippen LogP contribution in [0.5, 0.6) is 0 Å². The fraction of sp³-hybridized carbons (Fsp3) is 0.450. The summed E-state index contributed by atoms with van der Waals surface area (Å²) in [4.78, 5) is 21.9. The summed E-state index contributed by atoms with van der Waals surface area (Å²) in [5, 5.41) is 7.20. The van der Waals surface area contributed by atoms with Gasteiger partial charge in [-0.3, -0.25) is 4.79 Å². The van der Waals surface area contributed by atoms with Gasteiger partial charge in [-0.15, -0.1) is 0 Å². The number of halogens is 2. The summed E-state index contributed by atoms with van der Waals surface area (Å²) >= 11 is 12.4. The predicted molar refractivity (Wildman–Crippen MR) is 112 cm³/mol. The first kappa shape index (κ1) is 20.8. The van der Waals surface area contributed by atoms with Gasteiger partial charge in [-0.25, -0.2) is 9.97 Å². The Bertz CT molecular complexity index is 876. The van der Waals surface area contributed by atoms with E-state index in [1.165, 1.54) is 0 Å². The number of carbonyl (C=O) groups excluding carboxylic acids is 1. The van der Waals surface area contributed by atoms with Crippen LogP contribution in [0.2, 0.25) is 10.0 Å². The molecule has 0 saturated carbocycles. The second-order valence-electron chi connectivity index (χ2n) is 6.51. The minimum absolute atomic E-state index is 0.0924. The first-order valence-electron chi connectivity index (χ1n) is 9.49. The van der Waals surface area contributed by atoms with E-state index >= 15 is 0 Å². The number of hydrogen-bond acceptors (Lipinski definition) is 5. The molecule has 1 saturated heterocycles. The van der Waals surface area contributed by atoms with E-state index in [0.29, 0.717) is 41.9 Å². The third kappa shape index (κ3) is 4.24. The molecule has 2 atom stereocenters. The molecule has 2 N–H and O–H groups in total. The van der Waals surface area contributed by atoms with Crippen LogP contribution in [0.15, 0.2) is 18.2 Å². The minimum Gasteiger partial charge on any atom is -0.374 e. The maximum Gasteiger partial charge on any atom is 0.245 e. The number of carbonyl (C=O) groups is 1. The van der Waals surface area contributed by atoms with Gasteiger partial charge in [0.15, 0.2) is 0 Å². The van der Waals surface area contributed by atoms with Crippen LogP contribution in [0, 0.1) is 0 Å². The molecule has 1 aromatic carbocycles. The summed E-state index contributed by atoms with van der Waals surface area (Å²) in [6, 6.07) is 4.86. The summed E-state index contributed by atoms with van der Waals surface area (Å²) in [6.07, 6.45) is 1.09. The van der Waals surface area contributed by atoms with Crippen LogP contribution in [0.4, 0.5) is 5.82 Å². The van der Waals surface area contributed by atoms with E-state index in [4.69, 9.17) is 37.9 Å². The van der Waals surface area contributed by atoms with Crippen molar-refractivity contribution in [2.75, 3.05) is 18.5 Å². The van der Waals surface area contributed by atoms with E-state index in [2.05, 4.69) is 10.6 Å². The largest absolute Gasteiger partial charge is 0.374 e. The Kier molecular flexibility index (Phi) is 6.75. The zero-order chi connectivity index (χ0) is 20.3. The van der Waals surface area contributed by atoms with Gasteiger partial charge in [0.25, 0.3) is 0 Å². The molecule has 0 spiro atoms. The molecule has 1 fully saturated rings. The highest BCUT2D eigenvalue weighted by atomic mass is 35.5. The van der Waals surface area contributed by atoms with E-state index in [9.17, 15) is 4.79 Å². The van der Waals surface area contributed by atoms with Crippen molar-refractivity contribution < 1.29 is 9.53 Å². The highest BCUT2D eigenvalue weighted by molar-refractivity contribution is 6.36. The van der Waals surface area contributed by atoms with Gasteiger partial charge < -0.3 is 15.4 Å². The zero-order valence-corrected chi connectivity index (χ0v) is 17.7. The first-order chi connectivity index (χ1) is 13.5. The molecular formula is C20H24Cl2N4O2. The lowest BCUT2D eigenvalue weighted by Crippen LogP contribution is -2.38. The third-order valence-corrected chi connectivity index (χ3v) is 5.25. The Morgan fingerprint density at radius 1 is 1.18 bits per heavy atom. The molecule has 8 heteroatoms. The van der Waals surface area contributed by atoms with Crippen molar-refractivity contribution in [3.8, 4) is 11.3 Å². The predicted octanol–water partition coefficient (Wildman–Crippen LogP) is 3.89. The summed E-state index contributed by atoms with van der Waals surface area (Å²) in [6.45, 7) is 6.95. The van der Waals surface area contributed by atoms with Crippen molar-refractivity contribution in [2.24, 2.45) is 0 Å². The molecule has 6 nitrogen and oxygen atoms in total. The number of anilines is 1. The van der Waals surface area contributed by atoms with Crippen molar-refractivity contribution in [3.63, 3.8) is 0 Å². The molecule has 1 aliphatic heterocycles. The van der Waals surface area contributed by atoms with Gasteiger partial charge >= 0.3 is 0 Å². The van der Waals surface area contributed by atoms with Crippen LogP contribution in [-0.2, 0) is 22.4 Å². The molecule has 28 heavy (non-hydrogen) atoms. The molecule has 150 valence electrons. The van der Waals surface area contributed by atoms with Crippen molar-refractivity contribution >= 4 is 34.9 Å². The lowest BCUT2D eigenvalue weighted by Gasteiger charge is -2.21.